The van der Waals surface area contributed by atoms with Crippen LogP contribution in [0.2, 0.25) is 0 Å². The van der Waals surface area contributed by atoms with Gasteiger partial charge in [-0.25, -0.2) is 0 Å². The summed E-state index contributed by atoms with van der Waals surface area (Å²) in [7, 11) is 1.81. The molecule has 0 bridgehead atoms. The number of hydrazone groups is 1. The zero-order valence-electron chi connectivity index (χ0n) is 15.5. The minimum Gasteiger partial charge on any atom is -0.313 e. The predicted octanol–water partition coefficient (Wildman–Crippen LogP) is 4.15. The minimum absolute atomic E-state index is 0.0553. The lowest BCUT2D eigenvalue weighted by molar-refractivity contribution is -0.208. The number of hydroxylamine groups is 2. The van der Waals surface area contributed by atoms with Crippen molar-refractivity contribution in [2.45, 2.75) is 57.7 Å². The molecule has 1 aliphatic heterocycles. The number of nitrogens with one attached hydrogen (secondary N) is 1. The Morgan fingerprint density at radius 2 is 2.08 bits per heavy atom. The molecule has 1 aliphatic rings. The first-order chi connectivity index (χ1) is 11.4. The quantitative estimate of drug-likeness (QED) is 0.442. The number of hydrogen-bond donors (Lipinski definition) is 1. The van der Waals surface area contributed by atoms with E-state index in [2.05, 4.69) is 67.2 Å². The fraction of sp³-hybridized carbons (Fsp3) is 0.550. The van der Waals surface area contributed by atoms with Gasteiger partial charge in [0.15, 0.2) is 0 Å². The maximum atomic E-state index is 6.42. The Hall–Kier alpha value is -1.65. The van der Waals surface area contributed by atoms with Crippen LogP contribution < -0.4 is 5.43 Å². The molecule has 0 spiro atoms. The van der Waals surface area contributed by atoms with Gasteiger partial charge in [-0.1, -0.05) is 50.3 Å². The van der Waals surface area contributed by atoms with Crippen molar-refractivity contribution in [1.82, 2.24) is 10.5 Å². The first kappa shape index (κ1) is 18.7. The van der Waals surface area contributed by atoms with Crippen molar-refractivity contribution in [3.05, 3.63) is 48.6 Å². The standard InChI is InChI=1S/C20H31N3O/c1-6-12-20(13-17(2)3)15-19(4,16-22-21-5)24-23(20)14-18-10-8-7-9-11-18/h6-11,16-17,21H,1,12-15H2,2-5H3/b22-16-/t19-,20-/m1/s1. The molecule has 1 aromatic carbocycles. The third-order valence-corrected chi connectivity index (χ3v) is 4.48. The topological polar surface area (TPSA) is 36.9 Å². The van der Waals surface area contributed by atoms with Crippen molar-refractivity contribution < 1.29 is 4.84 Å². The predicted molar refractivity (Wildman–Crippen MR) is 101 cm³/mol. The molecule has 1 fully saturated rings. The van der Waals surface area contributed by atoms with E-state index < -0.39 is 5.60 Å². The normalized spacial score (nSPS) is 27.9. The van der Waals surface area contributed by atoms with Gasteiger partial charge in [0.05, 0.1) is 11.8 Å². The van der Waals surface area contributed by atoms with Crippen LogP contribution in [-0.4, -0.2) is 29.5 Å². The molecule has 0 saturated carbocycles. The van der Waals surface area contributed by atoms with E-state index >= 15 is 0 Å². The van der Waals surface area contributed by atoms with Crippen molar-refractivity contribution >= 4 is 6.21 Å². The van der Waals surface area contributed by atoms with Crippen molar-refractivity contribution in [1.29, 1.82) is 0 Å². The van der Waals surface area contributed by atoms with Crippen LogP contribution in [0.25, 0.3) is 0 Å². The van der Waals surface area contributed by atoms with E-state index in [1.54, 1.807) is 0 Å². The smallest absolute Gasteiger partial charge is 0.126 e. The molecule has 0 amide bonds. The van der Waals surface area contributed by atoms with E-state index in [0.717, 1.165) is 25.8 Å². The fourth-order valence-electron chi connectivity index (χ4n) is 3.80. The van der Waals surface area contributed by atoms with Crippen molar-refractivity contribution in [2.75, 3.05) is 7.05 Å². The molecule has 0 aliphatic carbocycles. The van der Waals surface area contributed by atoms with Crippen molar-refractivity contribution in [2.24, 2.45) is 11.0 Å². The van der Waals surface area contributed by atoms with E-state index in [0.29, 0.717) is 5.92 Å². The molecule has 24 heavy (non-hydrogen) atoms. The van der Waals surface area contributed by atoms with Crippen LogP contribution >= 0.6 is 0 Å². The van der Waals surface area contributed by atoms with E-state index in [9.17, 15) is 0 Å². The molecule has 0 aromatic heterocycles. The van der Waals surface area contributed by atoms with Gasteiger partial charge in [-0.3, -0.25) is 4.84 Å². The SMILES string of the molecule is C=CC[C@@]1(CC(C)C)C[C@](C)(/C=N\NC)ON1Cc1ccccc1. The van der Waals surface area contributed by atoms with Gasteiger partial charge in [0.25, 0.3) is 0 Å². The lowest BCUT2D eigenvalue weighted by Gasteiger charge is -2.37. The first-order valence-corrected chi connectivity index (χ1v) is 8.75. The Bertz CT molecular complexity index is 557. The fourth-order valence-corrected chi connectivity index (χ4v) is 3.80. The van der Waals surface area contributed by atoms with Gasteiger partial charge in [0, 0.05) is 20.0 Å². The molecule has 1 N–H and O–H groups in total. The first-order valence-electron chi connectivity index (χ1n) is 8.75. The highest BCUT2D eigenvalue weighted by Crippen LogP contribution is 2.45. The van der Waals surface area contributed by atoms with Gasteiger partial charge in [-0.05, 0) is 31.2 Å². The summed E-state index contributed by atoms with van der Waals surface area (Å²) >= 11 is 0. The number of benzene rings is 1. The Morgan fingerprint density at radius 3 is 2.67 bits per heavy atom. The molecule has 1 aromatic rings. The van der Waals surface area contributed by atoms with Crippen LogP contribution in [0.5, 0.6) is 0 Å². The molecule has 4 heteroatoms. The molecular formula is C20H31N3O. The maximum Gasteiger partial charge on any atom is 0.126 e. The molecule has 132 valence electrons. The highest BCUT2D eigenvalue weighted by atomic mass is 16.7. The van der Waals surface area contributed by atoms with Gasteiger partial charge < -0.3 is 5.43 Å². The minimum atomic E-state index is -0.407. The maximum absolute atomic E-state index is 6.42. The third-order valence-electron chi connectivity index (χ3n) is 4.48. The Kier molecular flexibility index (Phi) is 6.19. The summed E-state index contributed by atoms with van der Waals surface area (Å²) < 4.78 is 0. The summed E-state index contributed by atoms with van der Waals surface area (Å²) in [6, 6.07) is 10.5. The Morgan fingerprint density at radius 1 is 1.38 bits per heavy atom. The molecule has 2 rings (SSSR count). The Balaban J connectivity index is 2.33. The summed E-state index contributed by atoms with van der Waals surface area (Å²) in [5.41, 5.74) is 3.63. The van der Waals surface area contributed by atoms with Gasteiger partial charge >= 0.3 is 0 Å². The molecule has 0 radical (unpaired) electrons. The highest BCUT2D eigenvalue weighted by molar-refractivity contribution is 5.68. The third kappa shape index (κ3) is 4.46. The summed E-state index contributed by atoms with van der Waals surface area (Å²) in [4.78, 5) is 6.42. The second kappa shape index (κ2) is 7.95. The zero-order chi connectivity index (χ0) is 17.6. The molecule has 2 atom stereocenters. The van der Waals surface area contributed by atoms with Gasteiger partial charge in [0.1, 0.15) is 5.60 Å². The highest BCUT2D eigenvalue weighted by Gasteiger charge is 2.51. The average Bonchev–Trinajstić information content (AvgIpc) is 2.78. The Labute approximate surface area is 146 Å². The van der Waals surface area contributed by atoms with Crippen LogP contribution in [0, 0.1) is 5.92 Å². The zero-order valence-corrected chi connectivity index (χ0v) is 15.5. The lowest BCUT2D eigenvalue weighted by atomic mass is 9.78. The van der Waals surface area contributed by atoms with E-state index in [4.69, 9.17) is 4.84 Å². The van der Waals surface area contributed by atoms with Crippen LogP contribution in [-0.2, 0) is 11.4 Å². The summed E-state index contributed by atoms with van der Waals surface area (Å²) in [6.45, 7) is 11.4. The summed E-state index contributed by atoms with van der Waals surface area (Å²) in [6.07, 6.45) is 6.78. The van der Waals surface area contributed by atoms with Gasteiger partial charge in [-0.2, -0.15) is 10.2 Å². The van der Waals surface area contributed by atoms with Crippen molar-refractivity contribution in [3.63, 3.8) is 0 Å². The van der Waals surface area contributed by atoms with E-state index in [1.165, 1.54) is 5.56 Å². The summed E-state index contributed by atoms with van der Waals surface area (Å²) in [5.74, 6) is 0.579. The van der Waals surface area contributed by atoms with Gasteiger partial charge in [-0.15, -0.1) is 6.58 Å². The van der Waals surface area contributed by atoms with Crippen LogP contribution in [0.1, 0.15) is 45.6 Å². The number of nitrogens with zero attached hydrogens (tertiary/aromatic N) is 2. The van der Waals surface area contributed by atoms with Gasteiger partial charge in [0.2, 0.25) is 0 Å². The van der Waals surface area contributed by atoms with Crippen LogP contribution in [0.3, 0.4) is 0 Å². The number of rotatable bonds is 8. The van der Waals surface area contributed by atoms with E-state index in [1.807, 2.05) is 25.4 Å². The van der Waals surface area contributed by atoms with E-state index in [-0.39, 0.29) is 5.54 Å². The second-order valence-corrected chi connectivity index (χ2v) is 7.40. The lowest BCUT2D eigenvalue weighted by Crippen LogP contribution is -2.43. The monoisotopic (exact) mass is 329 g/mol. The average molecular weight is 329 g/mol. The largest absolute Gasteiger partial charge is 0.313 e. The second-order valence-electron chi connectivity index (χ2n) is 7.40. The van der Waals surface area contributed by atoms with Crippen LogP contribution in [0.4, 0.5) is 0 Å². The molecule has 1 saturated heterocycles. The molecule has 1 heterocycles. The summed E-state index contributed by atoms with van der Waals surface area (Å²) in [5, 5.41) is 6.39. The van der Waals surface area contributed by atoms with Crippen LogP contribution in [0.15, 0.2) is 48.1 Å². The molecule has 0 unspecified atom stereocenters. The molecule has 4 nitrogen and oxygen atoms in total. The molecular weight excluding hydrogens is 298 g/mol. The van der Waals surface area contributed by atoms with Crippen molar-refractivity contribution in [3.8, 4) is 0 Å². The number of hydrogen-bond acceptors (Lipinski definition) is 4.